The lowest BCUT2D eigenvalue weighted by molar-refractivity contribution is -0.143. The quantitative estimate of drug-likeness (QED) is 0.0450. The Labute approximate surface area is 362 Å². The number of hydrogen-bond donors (Lipinski definition) is 11. The van der Waals surface area contributed by atoms with E-state index in [0.29, 0.717) is 17.5 Å². The minimum atomic E-state index is -1.76. The summed E-state index contributed by atoms with van der Waals surface area (Å²) in [6, 6.07) is 15.2. The second-order valence-electron chi connectivity index (χ2n) is 15.2. The SMILES string of the molecule is CC[C@H](C)[C@H](NC(=O)[C@@H](N)Cc1c[nH]c2ccccc12)C(=O)N[C@@H](Cc1ccccc1)C(=O)N[C@@H](CC(=O)O)C(=O)N[C@@H](Cc1c[nH]c2ccccc12)C(=O)N[C@@H](CS)C(=O)O. The highest BCUT2D eigenvalue weighted by Gasteiger charge is 2.35. The largest absolute Gasteiger partial charge is 0.481 e. The van der Waals surface area contributed by atoms with Gasteiger partial charge in [0.25, 0.3) is 0 Å². The number of benzene rings is 3. The van der Waals surface area contributed by atoms with Crippen LogP contribution in [0.3, 0.4) is 0 Å². The zero-order valence-electron chi connectivity index (χ0n) is 34.2. The molecule has 11 N–H and O–H groups in total. The van der Waals surface area contributed by atoms with E-state index in [1.54, 1.807) is 73.9 Å². The van der Waals surface area contributed by atoms with Crippen molar-refractivity contribution in [3.8, 4) is 0 Å². The Morgan fingerprint density at radius 1 is 0.613 bits per heavy atom. The number of aromatic amines is 2. The number of thiol groups is 1. The first kappa shape index (κ1) is 46.4. The summed E-state index contributed by atoms with van der Waals surface area (Å²) >= 11 is 4.01. The zero-order chi connectivity index (χ0) is 44.9. The molecule has 18 heteroatoms. The van der Waals surface area contributed by atoms with Crippen molar-refractivity contribution in [1.82, 2.24) is 36.6 Å². The second kappa shape index (κ2) is 21.7. The van der Waals surface area contributed by atoms with Gasteiger partial charge in [0.15, 0.2) is 0 Å². The number of aromatic nitrogens is 2. The van der Waals surface area contributed by atoms with Gasteiger partial charge in [-0.1, -0.05) is 87.0 Å². The second-order valence-corrected chi connectivity index (χ2v) is 15.5. The molecule has 62 heavy (non-hydrogen) atoms. The highest BCUT2D eigenvalue weighted by atomic mass is 32.1. The molecule has 3 aromatic carbocycles. The van der Waals surface area contributed by atoms with Gasteiger partial charge in [-0.3, -0.25) is 28.8 Å². The first-order chi connectivity index (χ1) is 29.7. The number of aliphatic carboxylic acids is 2. The summed E-state index contributed by atoms with van der Waals surface area (Å²) in [5.74, 6) is -7.69. The Morgan fingerprint density at radius 3 is 1.65 bits per heavy atom. The smallest absolute Gasteiger partial charge is 0.327 e. The molecule has 0 saturated heterocycles. The summed E-state index contributed by atoms with van der Waals surface area (Å²) in [5, 5.41) is 33.9. The minimum Gasteiger partial charge on any atom is -0.481 e. The maximum Gasteiger partial charge on any atom is 0.327 e. The molecule has 5 rings (SSSR count). The third-order valence-corrected chi connectivity index (χ3v) is 11.1. The summed E-state index contributed by atoms with van der Waals surface area (Å²) in [6.45, 7) is 3.59. The molecule has 0 radical (unpaired) electrons. The maximum absolute atomic E-state index is 14.2. The Bertz CT molecular complexity index is 2380. The van der Waals surface area contributed by atoms with Crippen LogP contribution in [0, 0.1) is 5.92 Å². The highest BCUT2D eigenvalue weighted by molar-refractivity contribution is 7.80. The number of amides is 5. The first-order valence-corrected chi connectivity index (χ1v) is 20.8. The third-order valence-electron chi connectivity index (χ3n) is 10.7. The molecule has 5 aromatic rings. The van der Waals surface area contributed by atoms with Crippen molar-refractivity contribution in [2.45, 2.75) is 82.2 Å². The molecule has 0 aliphatic heterocycles. The number of carboxylic acids is 2. The van der Waals surface area contributed by atoms with E-state index < -0.39 is 90.1 Å². The third kappa shape index (κ3) is 12.2. The van der Waals surface area contributed by atoms with Gasteiger partial charge in [-0.25, -0.2) is 4.79 Å². The molecule has 0 spiro atoms. The lowest BCUT2D eigenvalue weighted by atomic mass is 9.96. The van der Waals surface area contributed by atoms with Crippen LogP contribution in [0.5, 0.6) is 0 Å². The van der Waals surface area contributed by atoms with Crippen LogP contribution >= 0.6 is 12.6 Å². The number of nitrogens with one attached hydrogen (secondary N) is 7. The number of fused-ring (bicyclic) bond motifs is 2. The van der Waals surface area contributed by atoms with Crippen LogP contribution in [0.25, 0.3) is 21.8 Å². The molecule has 328 valence electrons. The Morgan fingerprint density at radius 2 is 1.10 bits per heavy atom. The van der Waals surface area contributed by atoms with E-state index in [-0.39, 0.29) is 25.0 Å². The Kier molecular flexibility index (Phi) is 16.3. The summed E-state index contributed by atoms with van der Waals surface area (Å²) in [5.41, 5.74) is 10.00. The predicted molar refractivity (Wildman–Crippen MR) is 235 cm³/mol. The summed E-state index contributed by atoms with van der Waals surface area (Å²) in [4.78, 5) is 99.5. The lowest BCUT2D eigenvalue weighted by Crippen LogP contribution is -2.61. The molecule has 5 amide bonds. The van der Waals surface area contributed by atoms with E-state index in [1.807, 2.05) is 31.2 Å². The molecule has 7 atom stereocenters. The number of carbonyl (C=O) groups excluding carboxylic acids is 5. The van der Waals surface area contributed by atoms with Crippen LogP contribution < -0.4 is 32.3 Å². The van der Waals surface area contributed by atoms with Crippen molar-refractivity contribution in [1.29, 1.82) is 0 Å². The van der Waals surface area contributed by atoms with Crippen molar-refractivity contribution >= 4 is 75.9 Å². The fourth-order valence-corrected chi connectivity index (χ4v) is 7.28. The monoisotopic (exact) mass is 868 g/mol. The Hall–Kier alpha value is -6.66. The van der Waals surface area contributed by atoms with Crippen molar-refractivity contribution < 1.29 is 43.8 Å². The number of hydrogen-bond acceptors (Lipinski definition) is 9. The van der Waals surface area contributed by atoms with Gasteiger partial charge in [-0.2, -0.15) is 12.6 Å². The van der Waals surface area contributed by atoms with Crippen molar-refractivity contribution in [2.24, 2.45) is 11.7 Å². The van der Waals surface area contributed by atoms with Crippen LogP contribution in [0.2, 0.25) is 0 Å². The summed E-state index contributed by atoms with van der Waals surface area (Å²) < 4.78 is 0. The average molecular weight is 869 g/mol. The topological polar surface area (TPSA) is 278 Å². The Balaban J connectivity index is 1.36. The van der Waals surface area contributed by atoms with E-state index in [2.05, 4.69) is 49.2 Å². The molecular weight excluding hydrogens is 817 g/mol. The number of nitrogens with two attached hydrogens (primary N) is 1. The number of carbonyl (C=O) groups is 7. The van der Waals surface area contributed by atoms with Gasteiger partial charge >= 0.3 is 11.9 Å². The standard InChI is InChI=1S/C44H52N8O9S/c1-3-24(2)38(52-39(55)30(45)18-26-21-46-31-15-9-7-13-28(26)31)43(59)50-33(17-25-11-5-4-6-12-25)40(56)49-35(20-37(53)54)42(58)48-34(41(57)51-36(23-62)44(60)61)19-27-22-47-32-16-10-8-14-29(27)32/h4-16,21-22,24,30,33-36,38,46-47,62H,3,17-20,23,45H2,1-2H3,(H,48,58)(H,49,56)(H,50,59)(H,51,57)(H,52,55)(H,53,54)(H,60,61)/t24-,30-,33-,34-,35-,36-,38-/m0/s1. The normalized spacial score (nSPS) is 14.6. The van der Waals surface area contributed by atoms with Crippen LogP contribution in [-0.4, -0.2) is 104 Å². The van der Waals surface area contributed by atoms with Crippen LogP contribution in [-0.2, 0) is 52.8 Å². The van der Waals surface area contributed by atoms with Gasteiger partial charge in [0.1, 0.15) is 30.2 Å². The van der Waals surface area contributed by atoms with Gasteiger partial charge in [0, 0.05) is 52.8 Å². The first-order valence-electron chi connectivity index (χ1n) is 20.2. The number of carboxylic acid groups (broad SMARTS) is 2. The average Bonchev–Trinajstić information content (AvgIpc) is 3.87. The number of para-hydroxylation sites is 2. The van der Waals surface area contributed by atoms with Crippen molar-refractivity contribution in [2.75, 3.05) is 5.75 Å². The molecule has 0 fully saturated rings. The van der Waals surface area contributed by atoms with Gasteiger partial charge < -0.3 is 52.5 Å². The van der Waals surface area contributed by atoms with Crippen molar-refractivity contribution in [3.63, 3.8) is 0 Å². The molecule has 0 aliphatic carbocycles. The molecule has 0 saturated carbocycles. The predicted octanol–water partition coefficient (Wildman–Crippen LogP) is 1.96. The van der Waals surface area contributed by atoms with Gasteiger partial charge in [0.2, 0.25) is 29.5 Å². The lowest BCUT2D eigenvalue weighted by Gasteiger charge is -2.28. The molecule has 0 unspecified atom stereocenters. The molecule has 2 heterocycles. The molecule has 0 aliphatic rings. The number of rotatable bonds is 22. The van der Waals surface area contributed by atoms with E-state index >= 15 is 0 Å². The number of H-pyrrole nitrogens is 2. The van der Waals surface area contributed by atoms with Crippen LogP contribution in [0.4, 0.5) is 0 Å². The molecule has 17 nitrogen and oxygen atoms in total. The van der Waals surface area contributed by atoms with Gasteiger partial charge in [0.05, 0.1) is 12.5 Å². The minimum absolute atomic E-state index is 0.0903. The summed E-state index contributed by atoms with van der Waals surface area (Å²) in [6.07, 6.45) is 2.89. The fourth-order valence-electron chi connectivity index (χ4n) is 7.03. The van der Waals surface area contributed by atoms with Crippen molar-refractivity contribution in [3.05, 3.63) is 108 Å². The maximum atomic E-state index is 14.2. The molecule has 2 aromatic heterocycles. The van der Waals surface area contributed by atoms with Crippen LogP contribution in [0.15, 0.2) is 91.3 Å². The highest BCUT2D eigenvalue weighted by Crippen LogP contribution is 2.21. The van der Waals surface area contributed by atoms with Gasteiger partial charge in [-0.05, 0) is 41.2 Å². The van der Waals surface area contributed by atoms with E-state index in [0.717, 1.165) is 27.4 Å². The van der Waals surface area contributed by atoms with Crippen LogP contribution in [0.1, 0.15) is 43.4 Å². The zero-order valence-corrected chi connectivity index (χ0v) is 35.1. The summed E-state index contributed by atoms with van der Waals surface area (Å²) in [7, 11) is 0. The van der Waals surface area contributed by atoms with E-state index in [9.17, 15) is 43.8 Å². The van der Waals surface area contributed by atoms with E-state index in [1.165, 1.54) is 0 Å². The fraction of sp³-hybridized carbons (Fsp3) is 0.341. The molecule has 0 bridgehead atoms. The van der Waals surface area contributed by atoms with Gasteiger partial charge in [-0.15, -0.1) is 0 Å². The van der Waals surface area contributed by atoms with E-state index in [4.69, 9.17) is 5.73 Å². The molecular formula is C44H52N8O9S.